The van der Waals surface area contributed by atoms with Crippen LogP contribution in [0.2, 0.25) is 19.6 Å². The second kappa shape index (κ2) is 12.2. The molecule has 0 heterocycles. The summed E-state index contributed by atoms with van der Waals surface area (Å²) in [5.74, 6) is 0. The molecule has 0 atom stereocenters. The quantitative estimate of drug-likeness (QED) is 0.472. The first-order chi connectivity index (χ1) is 15.1. The van der Waals surface area contributed by atoms with Gasteiger partial charge in [-0.15, -0.1) is 0 Å². The van der Waals surface area contributed by atoms with Gasteiger partial charge in [-0.1, -0.05) is 19.6 Å². The van der Waals surface area contributed by atoms with Crippen molar-refractivity contribution in [1.82, 2.24) is 0 Å². The Labute approximate surface area is 202 Å². The SMILES string of the molecule is CN(C)c1cccc[c]1[Ge]([c]1ccccc1N(C)C)[c]1ccccc1N(C)C.C[Si](C)C. The molecule has 0 aliphatic carbocycles. The molecule has 2 radical (unpaired) electrons. The summed E-state index contributed by atoms with van der Waals surface area (Å²) < 4.78 is 4.45. The first kappa shape index (κ1) is 26.1. The maximum Gasteiger partial charge on any atom is 0.0379 e. The van der Waals surface area contributed by atoms with Crippen LogP contribution in [0.1, 0.15) is 0 Å². The van der Waals surface area contributed by atoms with Gasteiger partial charge in [0.2, 0.25) is 0 Å². The van der Waals surface area contributed by atoms with Crippen LogP contribution in [-0.2, 0) is 0 Å². The molecule has 0 unspecified atom stereocenters. The van der Waals surface area contributed by atoms with E-state index in [1.165, 1.54) is 30.2 Å². The summed E-state index contributed by atoms with van der Waals surface area (Å²) >= 11 is -2.09. The van der Waals surface area contributed by atoms with E-state index in [-0.39, 0.29) is 8.80 Å². The standard InChI is InChI=1S/C24H30GeN3.C3H9Si/c1-26(2)22-16-10-7-13-19(22)25(20-14-8-11-17-23(20)27(3)4)21-15-9-12-18-24(21)28(5)6;1-4(2)3/h7-18H,1-6H3;1-3H3. The second-order valence-corrected chi connectivity index (χ2v) is 17.1. The topological polar surface area (TPSA) is 9.72 Å². The van der Waals surface area contributed by atoms with Crippen LogP contribution in [-0.4, -0.2) is 65.4 Å². The van der Waals surface area contributed by atoms with Gasteiger partial charge in [-0.3, -0.25) is 0 Å². The van der Waals surface area contributed by atoms with Gasteiger partial charge in [0.15, 0.2) is 0 Å². The van der Waals surface area contributed by atoms with E-state index in [2.05, 4.69) is 149 Å². The van der Waals surface area contributed by atoms with Gasteiger partial charge in [0.1, 0.15) is 0 Å². The monoisotopic (exact) mass is 507 g/mol. The summed E-state index contributed by atoms with van der Waals surface area (Å²) in [7, 11) is 13.0. The molecule has 0 aromatic heterocycles. The molecule has 0 spiro atoms. The minimum Gasteiger partial charge on any atom is -0.0715 e. The number of rotatable bonds is 6. The Kier molecular flexibility index (Phi) is 9.91. The molecule has 0 bridgehead atoms. The van der Waals surface area contributed by atoms with E-state index in [9.17, 15) is 0 Å². The molecule has 3 rings (SSSR count). The average molecular weight is 506 g/mol. The van der Waals surface area contributed by atoms with Gasteiger partial charge in [-0.05, 0) is 0 Å². The van der Waals surface area contributed by atoms with Crippen molar-refractivity contribution in [2.24, 2.45) is 0 Å². The Morgan fingerprint density at radius 2 is 0.688 bits per heavy atom. The van der Waals surface area contributed by atoms with Crippen molar-refractivity contribution in [1.29, 1.82) is 0 Å². The third-order valence-corrected chi connectivity index (χ3v) is 11.0. The van der Waals surface area contributed by atoms with Crippen LogP contribution >= 0.6 is 0 Å². The van der Waals surface area contributed by atoms with Crippen molar-refractivity contribution >= 4 is 53.4 Å². The van der Waals surface area contributed by atoms with Crippen molar-refractivity contribution in [3.63, 3.8) is 0 Å². The smallest absolute Gasteiger partial charge is 0.0379 e. The van der Waals surface area contributed by atoms with Crippen LogP contribution in [0.15, 0.2) is 72.8 Å². The predicted molar refractivity (Wildman–Crippen MR) is 150 cm³/mol. The van der Waals surface area contributed by atoms with E-state index >= 15 is 0 Å². The Morgan fingerprint density at radius 1 is 0.469 bits per heavy atom. The van der Waals surface area contributed by atoms with Gasteiger partial charge in [0, 0.05) is 8.80 Å². The average Bonchev–Trinajstić information content (AvgIpc) is 2.74. The zero-order valence-corrected chi connectivity index (χ0v) is 24.4. The summed E-state index contributed by atoms with van der Waals surface area (Å²) in [6.07, 6.45) is 0. The number of benzene rings is 3. The van der Waals surface area contributed by atoms with E-state index in [1.54, 1.807) is 0 Å². The van der Waals surface area contributed by atoms with Crippen LogP contribution in [0, 0.1) is 0 Å². The molecule has 0 amide bonds. The van der Waals surface area contributed by atoms with Gasteiger partial charge < -0.3 is 0 Å². The van der Waals surface area contributed by atoms with E-state index in [1.807, 2.05) is 0 Å². The van der Waals surface area contributed by atoms with Gasteiger partial charge in [0.05, 0.1) is 0 Å². The molecule has 0 saturated carbocycles. The minimum atomic E-state index is -2.09. The van der Waals surface area contributed by atoms with Gasteiger partial charge >= 0.3 is 174 Å². The van der Waals surface area contributed by atoms with E-state index in [4.69, 9.17) is 0 Å². The van der Waals surface area contributed by atoms with Crippen LogP contribution in [0.4, 0.5) is 17.1 Å². The first-order valence-corrected chi connectivity index (χ1v) is 17.2. The molecule has 0 aliphatic rings. The number of nitrogens with zero attached hydrogens (tertiary/aromatic N) is 3. The molecule has 0 aliphatic heterocycles. The molecule has 0 N–H and O–H groups in total. The van der Waals surface area contributed by atoms with Crippen molar-refractivity contribution in [3.8, 4) is 0 Å². The van der Waals surface area contributed by atoms with Crippen LogP contribution < -0.4 is 27.9 Å². The fourth-order valence-electron chi connectivity index (χ4n) is 3.66. The molecule has 0 saturated heterocycles. The van der Waals surface area contributed by atoms with Crippen molar-refractivity contribution in [2.75, 3.05) is 57.0 Å². The van der Waals surface area contributed by atoms with E-state index < -0.39 is 14.3 Å². The summed E-state index contributed by atoms with van der Waals surface area (Å²) in [5, 5.41) is 0. The van der Waals surface area contributed by atoms with Crippen molar-refractivity contribution in [2.45, 2.75) is 19.6 Å². The normalized spacial score (nSPS) is 10.6. The van der Waals surface area contributed by atoms with E-state index in [0.29, 0.717) is 0 Å². The zero-order chi connectivity index (χ0) is 23.8. The zero-order valence-electron chi connectivity index (χ0n) is 21.3. The Morgan fingerprint density at radius 3 is 0.906 bits per heavy atom. The van der Waals surface area contributed by atoms with Crippen molar-refractivity contribution in [3.05, 3.63) is 72.8 Å². The molecular formula is C27H39GeN3Si. The number of para-hydroxylation sites is 3. The fraction of sp³-hybridized carbons (Fsp3) is 0.333. The van der Waals surface area contributed by atoms with Gasteiger partial charge in [0.25, 0.3) is 0 Å². The molecular weight excluding hydrogens is 467 g/mol. The maximum absolute atomic E-state index is 2.34. The Bertz CT molecular complexity index is 861. The number of hydrogen-bond donors (Lipinski definition) is 0. The van der Waals surface area contributed by atoms with Gasteiger partial charge in [-0.25, -0.2) is 0 Å². The van der Waals surface area contributed by atoms with Crippen molar-refractivity contribution < 1.29 is 0 Å². The van der Waals surface area contributed by atoms with Crippen LogP contribution in [0.25, 0.3) is 0 Å². The number of hydrogen-bond acceptors (Lipinski definition) is 3. The second-order valence-electron chi connectivity index (χ2n) is 9.11. The Balaban J connectivity index is 0.000000837. The maximum atomic E-state index is 2.34. The van der Waals surface area contributed by atoms with Gasteiger partial charge in [-0.2, -0.15) is 0 Å². The molecule has 0 fully saturated rings. The van der Waals surface area contributed by atoms with Crippen LogP contribution in [0.5, 0.6) is 0 Å². The molecule has 3 aromatic rings. The summed E-state index contributed by atoms with van der Waals surface area (Å²) in [4.78, 5) is 6.75. The molecule has 32 heavy (non-hydrogen) atoms. The largest absolute Gasteiger partial charge is 0.0715 e. The first-order valence-electron chi connectivity index (χ1n) is 11.1. The minimum absolute atomic E-state index is 0.120. The third-order valence-electron chi connectivity index (χ3n) is 4.97. The summed E-state index contributed by atoms with van der Waals surface area (Å²) in [6.45, 7) is 6.81. The van der Waals surface area contributed by atoms with E-state index in [0.717, 1.165) is 0 Å². The molecule has 5 heteroatoms. The predicted octanol–water partition coefficient (Wildman–Crippen LogP) is 3.77. The molecule has 3 nitrogen and oxygen atoms in total. The summed E-state index contributed by atoms with van der Waals surface area (Å²) in [5.41, 5.74) is 3.96. The molecule has 170 valence electrons. The fourth-order valence-corrected chi connectivity index (χ4v) is 10.7. The number of anilines is 3. The van der Waals surface area contributed by atoms with Crippen LogP contribution in [0.3, 0.4) is 0 Å². The molecule has 3 aromatic carbocycles. The summed E-state index contributed by atoms with van der Waals surface area (Å²) in [6, 6.07) is 26.7. The Hall–Kier alpha value is -2.18. The third kappa shape index (κ3) is 6.66.